The van der Waals surface area contributed by atoms with E-state index in [9.17, 15) is 0 Å². The molecule has 0 aliphatic rings. The predicted octanol–water partition coefficient (Wildman–Crippen LogP) is 2.18. The predicted molar refractivity (Wildman–Crippen MR) is 54.8 cm³/mol. The molecular weight excluding hydrogens is 174 g/mol. The molecular formula is C11H7N3. The lowest BCUT2D eigenvalue weighted by Crippen LogP contribution is -1.85. The SMILES string of the molecule is c1cnc2ccc3ccnnc3c2c1. The van der Waals surface area contributed by atoms with Gasteiger partial charge < -0.3 is 0 Å². The highest BCUT2D eigenvalue weighted by molar-refractivity contribution is 6.03. The van der Waals surface area contributed by atoms with E-state index in [0.717, 1.165) is 21.8 Å². The fraction of sp³-hybridized carbons (Fsp3) is 0. The van der Waals surface area contributed by atoms with Crippen molar-refractivity contribution in [1.29, 1.82) is 0 Å². The molecule has 0 N–H and O–H groups in total. The molecule has 3 nitrogen and oxygen atoms in total. The van der Waals surface area contributed by atoms with Crippen molar-refractivity contribution >= 4 is 21.8 Å². The Morgan fingerprint density at radius 2 is 1.93 bits per heavy atom. The fourth-order valence-corrected chi connectivity index (χ4v) is 1.60. The number of aromatic nitrogens is 3. The summed E-state index contributed by atoms with van der Waals surface area (Å²) in [4.78, 5) is 4.26. The standard InChI is InChI=1S/C11H7N3/c1-2-9-10(12-6-1)4-3-8-5-7-13-14-11(8)9/h1-7H. The molecule has 3 aromatic rings. The first-order chi connectivity index (χ1) is 6.95. The highest BCUT2D eigenvalue weighted by Crippen LogP contribution is 2.20. The zero-order chi connectivity index (χ0) is 9.38. The summed E-state index contributed by atoms with van der Waals surface area (Å²) in [5, 5.41) is 10.2. The second-order valence-electron chi connectivity index (χ2n) is 3.10. The van der Waals surface area contributed by atoms with Gasteiger partial charge in [-0.1, -0.05) is 6.07 Å². The molecule has 0 spiro atoms. The molecule has 2 heterocycles. The Balaban J connectivity index is 2.61. The number of pyridine rings is 1. The summed E-state index contributed by atoms with van der Waals surface area (Å²) >= 11 is 0. The van der Waals surface area contributed by atoms with Gasteiger partial charge in [-0.05, 0) is 24.3 Å². The first-order valence-corrected chi connectivity index (χ1v) is 4.40. The Bertz CT molecular complexity index is 550. The van der Waals surface area contributed by atoms with Crippen molar-refractivity contribution < 1.29 is 0 Å². The molecule has 14 heavy (non-hydrogen) atoms. The number of hydrogen-bond donors (Lipinski definition) is 0. The van der Waals surface area contributed by atoms with Gasteiger partial charge in [0.1, 0.15) is 5.52 Å². The maximum absolute atomic E-state index is 4.26. The van der Waals surface area contributed by atoms with E-state index in [1.54, 1.807) is 12.4 Å². The Hall–Kier alpha value is -2.03. The van der Waals surface area contributed by atoms with Crippen LogP contribution in [0.2, 0.25) is 0 Å². The van der Waals surface area contributed by atoms with E-state index >= 15 is 0 Å². The van der Waals surface area contributed by atoms with Gasteiger partial charge in [0.25, 0.3) is 0 Å². The maximum Gasteiger partial charge on any atom is 0.102 e. The van der Waals surface area contributed by atoms with Gasteiger partial charge in [0.05, 0.1) is 11.7 Å². The van der Waals surface area contributed by atoms with Crippen molar-refractivity contribution in [1.82, 2.24) is 15.2 Å². The van der Waals surface area contributed by atoms with Crippen LogP contribution in [0.25, 0.3) is 21.8 Å². The monoisotopic (exact) mass is 181 g/mol. The number of fused-ring (bicyclic) bond motifs is 3. The second kappa shape index (κ2) is 2.73. The van der Waals surface area contributed by atoms with Crippen molar-refractivity contribution in [2.75, 3.05) is 0 Å². The molecule has 2 aromatic heterocycles. The van der Waals surface area contributed by atoms with Crippen LogP contribution in [0, 0.1) is 0 Å². The molecule has 0 saturated heterocycles. The quantitative estimate of drug-likeness (QED) is 0.499. The summed E-state index contributed by atoms with van der Waals surface area (Å²) in [5.41, 5.74) is 1.87. The summed E-state index contributed by atoms with van der Waals surface area (Å²) in [6, 6.07) is 9.89. The summed E-state index contributed by atoms with van der Waals surface area (Å²) in [6.07, 6.45) is 3.48. The first-order valence-electron chi connectivity index (χ1n) is 4.40. The molecule has 1 aromatic carbocycles. The van der Waals surface area contributed by atoms with Crippen molar-refractivity contribution in [3.05, 3.63) is 42.7 Å². The summed E-state index contributed by atoms with van der Waals surface area (Å²) in [6.45, 7) is 0. The molecule has 0 aliphatic carbocycles. The number of hydrogen-bond acceptors (Lipinski definition) is 3. The van der Waals surface area contributed by atoms with Gasteiger partial charge >= 0.3 is 0 Å². The molecule has 3 rings (SSSR count). The molecule has 66 valence electrons. The van der Waals surface area contributed by atoms with Crippen LogP contribution in [0.15, 0.2) is 42.7 Å². The van der Waals surface area contributed by atoms with Gasteiger partial charge in [0.2, 0.25) is 0 Å². The second-order valence-corrected chi connectivity index (χ2v) is 3.10. The zero-order valence-electron chi connectivity index (χ0n) is 7.38. The van der Waals surface area contributed by atoms with Gasteiger partial charge in [0, 0.05) is 17.0 Å². The highest BCUT2D eigenvalue weighted by atomic mass is 15.1. The van der Waals surface area contributed by atoms with Crippen LogP contribution in [0.3, 0.4) is 0 Å². The zero-order valence-corrected chi connectivity index (χ0v) is 7.38. The van der Waals surface area contributed by atoms with E-state index in [4.69, 9.17) is 0 Å². The minimum Gasteiger partial charge on any atom is -0.256 e. The van der Waals surface area contributed by atoms with Crippen molar-refractivity contribution in [3.8, 4) is 0 Å². The van der Waals surface area contributed by atoms with Crippen LogP contribution in [-0.4, -0.2) is 15.2 Å². The highest BCUT2D eigenvalue weighted by Gasteiger charge is 2.00. The third-order valence-corrected chi connectivity index (χ3v) is 2.27. The maximum atomic E-state index is 4.26. The number of nitrogens with zero attached hydrogens (tertiary/aromatic N) is 3. The van der Waals surface area contributed by atoms with E-state index in [0.29, 0.717) is 0 Å². The normalized spacial score (nSPS) is 10.9. The van der Waals surface area contributed by atoms with E-state index in [1.165, 1.54) is 0 Å². The van der Waals surface area contributed by atoms with E-state index in [-0.39, 0.29) is 0 Å². The minimum atomic E-state index is 0.915. The largest absolute Gasteiger partial charge is 0.256 e. The Morgan fingerprint density at radius 3 is 2.93 bits per heavy atom. The van der Waals surface area contributed by atoms with Gasteiger partial charge in [-0.2, -0.15) is 5.10 Å². The average molecular weight is 181 g/mol. The van der Waals surface area contributed by atoms with Gasteiger partial charge in [0.15, 0.2) is 0 Å². The topological polar surface area (TPSA) is 38.7 Å². The Labute approximate surface area is 80.4 Å². The van der Waals surface area contributed by atoms with Gasteiger partial charge in [-0.15, -0.1) is 5.10 Å². The lowest BCUT2D eigenvalue weighted by atomic mass is 10.1. The smallest absolute Gasteiger partial charge is 0.102 e. The van der Waals surface area contributed by atoms with Crippen LogP contribution < -0.4 is 0 Å². The molecule has 0 bridgehead atoms. The lowest BCUT2D eigenvalue weighted by Gasteiger charge is -1.99. The molecule has 0 fully saturated rings. The minimum absolute atomic E-state index is 0.915. The number of benzene rings is 1. The summed E-state index contributed by atoms with van der Waals surface area (Å²) in [5.74, 6) is 0. The van der Waals surface area contributed by atoms with Crippen molar-refractivity contribution in [2.24, 2.45) is 0 Å². The molecule has 0 atom stereocenters. The molecule has 0 aliphatic heterocycles. The van der Waals surface area contributed by atoms with E-state index in [2.05, 4.69) is 15.2 Å². The summed E-state index contributed by atoms with van der Waals surface area (Å²) < 4.78 is 0. The van der Waals surface area contributed by atoms with E-state index < -0.39 is 0 Å². The van der Waals surface area contributed by atoms with Crippen molar-refractivity contribution in [2.45, 2.75) is 0 Å². The molecule has 3 heteroatoms. The van der Waals surface area contributed by atoms with Crippen molar-refractivity contribution in [3.63, 3.8) is 0 Å². The Morgan fingerprint density at radius 1 is 0.929 bits per heavy atom. The van der Waals surface area contributed by atoms with Crippen LogP contribution in [0.5, 0.6) is 0 Å². The fourth-order valence-electron chi connectivity index (χ4n) is 1.60. The molecule has 0 unspecified atom stereocenters. The van der Waals surface area contributed by atoms with Crippen LogP contribution in [-0.2, 0) is 0 Å². The van der Waals surface area contributed by atoms with Gasteiger partial charge in [-0.25, -0.2) is 0 Å². The first kappa shape index (κ1) is 7.38. The Kier molecular flexibility index (Phi) is 1.44. The van der Waals surface area contributed by atoms with Crippen LogP contribution in [0.4, 0.5) is 0 Å². The lowest BCUT2D eigenvalue weighted by molar-refractivity contribution is 1.08. The molecule has 0 saturated carbocycles. The van der Waals surface area contributed by atoms with E-state index in [1.807, 2.05) is 30.3 Å². The molecule has 0 radical (unpaired) electrons. The number of rotatable bonds is 0. The van der Waals surface area contributed by atoms with Crippen LogP contribution >= 0.6 is 0 Å². The average Bonchev–Trinajstić information content (AvgIpc) is 2.29. The van der Waals surface area contributed by atoms with Crippen LogP contribution in [0.1, 0.15) is 0 Å². The van der Waals surface area contributed by atoms with Gasteiger partial charge in [-0.3, -0.25) is 4.98 Å². The third-order valence-electron chi connectivity index (χ3n) is 2.27. The third kappa shape index (κ3) is 0.956. The molecule has 0 amide bonds. The summed E-state index contributed by atoms with van der Waals surface area (Å²) in [7, 11) is 0.